The number of carbonyl (C=O) groups is 1. The van der Waals surface area contributed by atoms with Gasteiger partial charge in [0.05, 0.1) is 0 Å². The number of rotatable bonds is 8. The van der Waals surface area contributed by atoms with Gasteiger partial charge in [0.15, 0.2) is 5.96 Å². The van der Waals surface area contributed by atoms with Crippen molar-refractivity contribution < 1.29 is 4.79 Å². The predicted molar refractivity (Wildman–Crippen MR) is 136 cm³/mol. The van der Waals surface area contributed by atoms with Crippen LogP contribution in [0.5, 0.6) is 0 Å². The van der Waals surface area contributed by atoms with E-state index in [-0.39, 0.29) is 24.0 Å². The zero-order valence-corrected chi connectivity index (χ0v) is 20.6. The Bertz CT molecular complexity index is 654. The fourth-order valence-electron chi connectivity index (χ4n) is 4.17. The van der Waals surface area contributed by atoms with Gasteiger partial charge in [-0.1, -0.05) is 24.6 Å². The number of aliphatic imine (C=N–C) groups is 1. The van der Waals surface area contributed by atoms with Crippen LogP contribution in [0.4, 0.5) is 5.69 Å². The highest BCUT2D eigenvalue weighted by molar-refractivity contribution is 14.0. The monoisotopic (exact) mass is 527 g/mol. The van der Waals surface area contributed by atoms with Crippen LogP contribution in [0, 0.1) is 5.92 Å². The minimum absolute atomic E-state index is 0. The van der Waals surface area contributed by atoms with Gasteiger partial charge in [0.1, 0.15) is 0 Å². The van der Waals surface area contributed by atoms with Gasteiger partial charge in [0.25, 0.3) is 0 Å². The van der Waals surface area contributed by atoms with E-state index < -0.39 is 0 Å². The van der Waals surface area contributed by atoms with Crippen molar-refractivity contribution in [1.82, 2.24) is 15.5 Å². The Morgan fingerprint density at radius 1 is 1.13 bits per heavy atom. The molecule has 2 aliphatic heterocycles. The number of hydrogen-bond donors (Lipinski definition) is 2. The van der Waals surface area contributed by atoms with Crippen molar-refractivity contribution in [2.75, 3.05) is 50.7 Å². The van der Waals surface area contributed by atoms with Crippen LogP contribution < -0.4 is 15.5 Å². The van der Waals surface area contributed by atoms with Crippen LogP contribution in [0.3, 0.4) is 0 Å². The summed E-state index contributed by atoms with van der Waals surface area (Å²) in [5.74, 6) is 1.82. The minimum atomic E-state index is 0. The van der Waals surface area contributed by atoms with Gasteiger partial charge >= 0.3 is 0 Å². The summed E-state index contributed by atoms with van der Waals surface area (Å²) in [6.07, 6.45) is 6.24. The molecule has 2 fully saturated rings. The lowest BCUT2D eigenvalue weighted by Crippen LogP contribution is -2.39. The van der Waals surface area contributed by atoms with Crippen molar-refractivity contribution in [3.8, 4) is 0 Å². The maximum absolute atomic E-state index is 12.1. The van der Waals surface area contributed by atoms with Gasteiger partial charge in [-0.15, -0.1) is 24.0 Å². The lowest BCUT2D eigenvalue weighted by Gasteiger charge is -2.21. The molecule has 2 heterocycles. The second-order valence-corrected chi connectivity index (χ2v) is 8.13. The topological polar surface area (TPSA) is 60.0 Å². The van der Waals surface area contributed by atoms with Gasteiger partial charge in [0.2, 0.25) is 5.91 Å². The van der Waals surface area contributed by atoms with E-state index in [1.807, 2.05) is 4.90 Å². The van der Waals surface area contributed by atoms with Crippen LogP contribution >= 0.6 is 24.0 Å². The molecule has 0 bridgehead atoms. The van der Waals surface area contributed by atoms with Crippen molar-refractivity contribution >= 4 is 41.5 Å². The largest absolute Gasteiger partial charge is 0.371 e. The summed E-state index contributed by atoms with van der Waals surface area (Å²) in [7, 11) is 0. The van der Waals surface area contributed by atoms with Gasteiger partial charge in [-0.3, -0.25) is 9.79 Å². The molecule has 2 aliphatic rings. The zero-order valence-electron chi connectivity index (χ0n) is 18.3. The Hall–Kier alpha value is -1.51. The zero-order chi connectivity index (χ0) is 20.3. The molecule has 2 saturated heterocycles. The fourth-order valence-corrected chi connectivity index (χ4v) is 4.17. The first-order valence-corrected chi connectivity index (χ1v) is 11.4. The fraction of sp³-hybridized carbons (Fsp3) is 0.652. The Kier molecular flexibility index (Phi) is 11.3. The third kappa shape index (κ3) is 7.96. The first-order valence-electron chi connectivity index (χ1n) is 11.4. The van der Waals surface area contributed by atoms with Crippen molar-refractivity contribution in [2.24, 2.45) is 10.9 Å². The minimum Gasteiger partial charge on any atom is -0.371 e. The van der Waals surface area contributed by atoms with Gasteiger partial charge in [-0.2, -0.15) is 0 Å². The maximum atomic E-state index is 12.1. The smallest absolute Gasteiger partial charge is 0.222 e. The number of hydrogen-bond acceptors (Lipinski definition) is 3. The number of carbonyl (C=O) groups excluding carboxylic acids is 1. The summed E-state index contributed by atoms with van der Waals surface area (Å²) in [6.45, 7) is 8.60. The second-order valence-electron chi connectivity index (χ2n) is 8.13. The van der Waals surface area contributed by atoms with Crippen LogP contribution in [0.1, 0.15) is 45.4 Å². The van der Waals surface area contributed by atoms with E-state index >= 15 is 0 Å². The predicted octanol–water partition coefficient (Wildman–Crippen LogP) is 3.48. The second kappa shape index (κ2) is 13.7. The molecule has 3 rings (SSSR count). The molecule has 2 N–H and O–H groups in total. The van der Waals surface area contributed by atoms with Crippen molar-refractivity contribution in [1.29, 1.82) is 0 Å². The van der Waals surface area contributed by atoms with Crippen molar-refractivity contribution in [2.45, 2.75) is 45.4 Å². The van der Waals surface area contributed by atoms with Crippen LogP contribution in [-0.4, -0.2) is 62.6 Å². The molecular weight excluding hydrogens is 489 g/mol. The number of benzene rings is 1. The molecule has 7 heteroatoms. The molecule has 6 nitrogen and oxygen atoms in total. The Morgan fingerprint density at radius 3 is 2.77 bits per heavy atom. The number of likely N-dealkylation sites (tertiary alicyclic amines) is 1. The van der Waals surface area contributed by atoms with E-state index in [0.29, 0.717) is 11.8 Å². The quantitative estimate of drug-likeness (QED) is 0.235. The molecule has 168 valence electrons. The number of nitrogens with one attached hydrogen (secondary N) is 2. The molecule has 1 amide bonds. The molecular formula is C23H38IN5O. The lowest BCUT2D eigenvalue weighted by molar-refractivity contribution is -0.130. The van der Waals surface area contributed by atoms with E-state index in [1.54, 1.807) is 0 Å². The third-order valence-corrected chi connectivity index (χ3v) is 5.83. The number of guanidine groups is 1. The number of nitrogens with zero attached hydrogens (tertiary/aromatic N) is 3. The van der Waals surface area contributed by atoms with Gasteiger partial charge in [-0.25, -0.2) is 0 Å². The molecule has 0 radical (unpaired) electrons. The summed E-state index contributed by atoms with van der Waals surface area (Å²) in [6, 6.07) is 10.7. The van der Waals surface area contributed by atoms with Crippen LogP contribution in [0.25, 0.3) is 0 Å². The summed E-state index contributed by atoms with van der Waals surface area (Å²) in [5.41, 5.74) is 1.31. The number of anilines is 1. The molecule has 0 spiro atoms. The standard InChI is InChI=1S/C23H37N5O.HI/c1-2-24-23(25-14-9-16-27-15-8-4-7-12-22(27)29)26-18-20-13-17-28(19-20)21-10-5-3-6-11-21;/h3,5-6,10-11,20H,2,4,7-9,12-19H2,1H3,(H2,24,25,26);1H. The SMILES string of the molecule is CCNC(=NCC1CCN(c2ccccc2)C1)NCCCN1CCCCCC1=O.I. The Labute approximate surface area is 198 Å². The summed E-state index contributed by atoms with van der Waals surface area (Å²) >= 11 is 0. The van der Waals surface area contributed by atoms with Crippen molar-refractivity contribution in [3.05, 3.63) is 30.3 Å². The van der Waals surface area contributed by atoms with E-state index in [2.05, 4.69) is 52.8 Å². The molecule has 30 heavy (non-hydrogen) atoms. The summed E-state index contributed by atoms with van der Waals surface area (Å²) < 4.78 is 0. The van der Waals surface area contributed by atoms with Crippen molar-refractivity contribution in [3.63, 3.8) is 0 Å². The molecule has 1 aromatic carbocycles. The average Bonchev–Trinajstić information content (AvgIpc) is 3.13. The molecule has 0 aromatic heterocycles. The van der Waals surface area contributed by atoms with E-state index in [1.165, 1.54) is 18.5 Å². The number of amides is 1. The first-order chi connectivity index (χ1) is 14.3. The number of para-hydroxylation sites is 1. The Balaban J connectivity index is 0.00000320. The van der Waals surface area contributed by atoms with E-state index in [9.17, 15) is 4.79 Å². The maximum Gasteiger partial charge on any atom is 0.222 e. The van der Waals surface area contributed by atoms with Crippen LogP contribution in [-0.2, 0) is 4.79 Å². The third-order valence-electron chi connectivity index (χ3n) is 5.83. The van der Waals surface area contributed by atoms with Crippen LogP contribution in [0.2, 0.25) is 0 Å². The van der Waals surface area contributed by atoms with E-state index in [4.69, 9.17) is 4.99 Å². The molecule has 1 atom stereocenters. The summed E-state index contributed by atoms with van der Waals surface area (Å²) in [4.78, 5) is 21.4. The average molecular weight is 527 g/mol. The van der Waals surface area contributed by atoms with Gasteiger partial charge in [0, 0.05) is 57.9 Å². The highest BCUT2D eigenvalue weighted by atomic mass is 127. The Morgan fingerprint density at radius 2 is 1.97 bits per heavy atom. The van der Waals surface area contributed by atoms with Crippen LogP contribution in [0.15, 0.2) is 35.3 Å². The van der Waals surface area contributed by atoms with Gasteiger partial charge in [-0.05, 0) is 50.7 Å². The highest BCUT2D eigenvalue weighted by Gasteiger charge is 2.22. The molecule has 1 unspecified atom stereocenters. The first kappa shape index (κ1) is 24.8. The lowest BCUT2D eigenvalue weighted by atomic mass is 10.1. The molecule has 0 aliphatic carbocycles. The highest BCUT2D eigenvalue weighted by Crippen LogP contribution is 2.23. The normalized spacial score (nSPS) is 20.0. The molecule has 0 saturated carbocycles. The summed E-state index contributed by atoms with van der Waals surface area (Å²) in [5, 5.41) is 6.80. The van der Waals surface area contributed by atoms with E-state index in [0.717, 1.165) is 77.5 Å². The molecule has 1 aromatic rings. The number of halogens is 1. The van der Waals surface area contributed by atoms with Gasteiger partial charge < -0.3 is 20.4 Å².